The van der Waals surface area contributed by atoms with E-state index in [1.807, 2.05) is 27.7 Å². The van der Waals surface area contributed by atoms with Gasteiger partial charge in [-0.25, -0.2) is 13.1 Å². The second-order valence-corrected chi connectivity index (χ2v) is 5.89. The molecule has 1 aromatic heterocycles. The Hall–Kier alpha value is -0.880. The van der Waals surface area contributed by atoms with Crippen molar-refractivity contribution in [2.75, 3.05) is 0 Å². The Morgan fingerprint density at radius 1 is 1.44 bits per heavy atom. The summed E-state index contributed by atoms with van der Waals surface area (Å²) in [5, 5.41) is 4.01. The molecule has 0 fully saturated rings. The van der Waals surface area contributed by atoms with Crippen LogP contribution in [0.15, 0.2) is 17.3 Å². The summed E-state index contributed by atoms with van der Waals surface area (Å²) in [6.07, 6.45) is 3.69. The van der Waals surface area contributed by atoms with Gasteiger partial charge in [0.25, 0.3) is 0 Å². The lowest BCUT2D eigenvalue weighted by Gasteiger charge is -2.10. The summed E-state index contributed by atoms with van der Waals surface area (Å²) >= 11 is 0. The van der Waals surface area contributed by atoms with E-state index < -0.39 is 10.0 Å². The van der Waals surface area contributed by atoms with Crippen LogP contribution in [-0.2, 0) is 10.0 Å². The van der Waals surface area contributed by atoms with E-state index in [0.717, 1.165) is 6.42 Å². The van der Waals surface area contributed by atoms with Gasteiger partial charge in [-0.15, -0.1) is 0 Å². The zero-order valence-corrected chi connectivity index (χ0v) is 11.0. The Kier molecular flexibility index (Phi) is 4.09. The van der Waals surface area contributed by atoms with E-state index in [4.69, 9.17) is 0 Å². The zero-order chi connectivity index (χ0) is 12.3. The summed E-state index contributed by atoms with van der Waals surface area (Å²) in [5.74, 6) is 0. The lowest BCUT2D eigenvalue weighted by atomic mass is 10.3. The second-order valence-electron chi connectivity index (χ2n) is 4.18. The molecular formula is C10H19N3O2S. The van der Waals surface area contributed by atoms with E-state index in [9.17, 15) is 8.42 Å². The number of aromatic nitrogens is 2. The number of sulfonamides is 1. The molecule has 1 aromatic rings. The van der Waals surface area contributed by atoms with Crippen LogP contribution in [0.3, 0.4) is 0 Å². The summed E-state index contributed by atoms with van der Waals surface area (Å²) in [4.78, 5) is 0.224. The van der Waals surface area contributed by atoms with Gasteiger partial charge in [-0.3, -0.25) is 4.68 Å². The lowest BCUT2D eigenvalue weighted by Crippen LogP contribution is -2.31. The monoisotopic (exact) mass is 245 g/mol. The maximum absolute atomic E-state index is 11.9. The molecular weight excluding hydrogens is 226 g/mol. The Morgan fingerprint density at radius 2 is 2.06 bits per heavy atom. The summed E-state index contributed by atoms with van der Waals surface area (Å²) in [6.45, 7) is 7.67. The molecule has 92 valence electrons. The number of hydrogen-bond donors (Lipinski definition) is 1. The maximum Gasteiger partial charge on any atom is 0.243 e. The van der Waals surface area contributed by atoms with Crippen molar-refractivity contribution >= 4 is 10.0 Å². The molecule has 0 spiro atoms. The minimum absolute atomic E-state index is 0.0626. The molecule has 1 heterocycles. The molecule has 0 unspecified atom stereocenters. The van der Waals surface area contributed by atoms with Crippen molar-refractivity contribution in [3.63, 3.8) is 0 Å². The first-order chi connectivity index (χ1) is 7.36. The van der Waals surface area contributed by atoms with Crippen LogP contribution in [0, 0.1) is 0 Å². The molecule has 16 heavy (non-hydrogen) atoms. The fourth-order valence-electron chi connectivity index (χ4n) is 1.16. The van der Waals surface area contributed by atoms with Crippen molar-refractivity contribution in [2.45, 2.75) is 51.1 Å². The fourth-order valence-corrected chi connectivity index (χ4v) is 2.42. The fraction of sp³-hybridized carbons (Fsp3) is 0.700. The predicted octanol–water partition coefficient (Wildman–Crippen LogP) is 1.54. The van der Waals surface area contributed by atoms with E-state index >= 15 is 0 Å². The number of rotatable bonds is 5. The molecule has 0 amide bonds. The highest BCUT2D eigenvalue weighted by molar-refractivity contribution is 7.89. The highest BCUT2D eigenvalue weighted by atomic mass is 32.2. The van der Waals surface area contributed by atoms with Gasteiger partial charge in [0, 0.05) is 18.3 Å². The van der Waals surface area contributed by atoms with Crippen LogP contribution in [0.25, 0.3) is 0 Å². The molecule has 0 saturated heterocycles. The zero-order valence-electron chi connectivity index (χ0n) is 10.1. The molecule has 0 aliphatic rings. The minimum atomic E-state index is -3.42. The highest BCUT2D eigenvalue weighted by Gasteiger charge is 2.18. The third kappa shape index (κ3) is 3.05. The average molecular weight is 245 g/mol. The van der Waals surface area contributed by atoms with Crippen LogP contribution in [0.5, 0.6) is 0 Å². The molecule has 1 rings (SSSR count). The highest BCUT2D eigenvalue weighted by Crippen LogP contribution is 2.11. The quantitative estimate of drug-likeness (QED) is 0.856. The SMILES string of the molecule is CC[C@H](C)NS(=O)(=O)c1cnn(C(C)C)c1. The topological polar surface area (TPSA) is 64.0 Å². The molecule has 0 aliphatic heterocycles. The smallest absolute Gasteiger partial charge is 0.243 e. The van der Waals surface area contributed by atoms with Gasteiger partial charge in [-0.1, -0.05) is 6.92 Å². The van der Waals surface area contributed by atoms with Crippen molar-refractivity contribution in [1.82, 2.24) is 14.5 Å². The Morgan fingerprint density at radius 3 is 2.50 bits per heavy atom. The van der Waals surface area contributed by atoms with Crippen molar-refractivity contribution in [1.29, 1.82) is 0 Å². The normalized spacial score (nSPS) is 14.3. The van der Waals surface area contributed by atoms with Gasteiger partial charge in [0.15, 0.2) is 0 Å². The third-order valence-electron chi connectivity index (χ3n) is 2.39. The molecule has 6 heteroatoms. The van der Waals surface area contributed by atoms with E-state index in [1.165, 1.54) is 6.20 Å². The molecule has 1 atom stereocenters. The second kappa shape index (κ2) is 4.97. The third-order valence-corrected chi connectivity index (χ3v) is 3.93. The summed E-state index contributed by atoms with van der Waals surface area (Å²) in [6, 6.07) is 0.0972. The van der Waals surface area contributed by atoms with Crippen LogP contribution in [0.2, 0.25) is 0 Å². The Labute approximate surface area is 96.9 Å². The molecule has 0 aromatic carbocycles. The van der Waals surface area contributed by atoms with Crippen LogP contribution in [-0.4, -0.2) is 24.2 Å². The molecule has 1 N–H and O–H groups in total. The van der Waals surface area contributed by atoms with Crippen molar-refractivity contribution < 1.29 is 8.42 Å². The standard InChI is InChI=1S/C10H19N3O2S/c1-5-9(4)12-16(14,15)10-6-11-13(7-10)8(2)3/h6-9,12H,5H2,1-4H3/t9-/m0/s1. The lowest BCUT2D eigenvalue weighted by molar-refractivity contribution is 0.530. The van der Waals surface area contributed by atoms with Crippen LogP contribution in [0.4, 0.5) is 0 Å². The maximum atomic E-state index is 11.9. The Bertz CT molecular complexity index is 437. The van der Waals surface area contributed by atoms with Crippen molar-refractivity contribution in [3.8, 4) is 0 Å². The molecule has 0 aliphatic carbocycles. The minimum Gasteiger partial charge on any atom is -0.269 e. The largest absolute Gasteiger partial charge is 0.269 e. The van der Waals surface area contributed by atoms with E-state index in [1.54, 1.807) is 10.9 Å². The molecule has 0 radical (unpaired) electrons. The van der Waals surface area contributed by atoms with Gasteiger partial charge < -0.3 is 0 Å². The van der Waals surface area contributed by atoms with Gasteiger partial charge in [-0.05, 0) is 27.2 Å². The predicted molar refractivity (Wildman–Crippen MR) is 62.7 cm³/mol. The first-order valence-electron chi connectivity index (χ1n) is 5.43. The first kappa shape index (κ1) is 13.2. The van der Waals surface area contributed by atoms with Crippen LogP contribution in [0.1, 0.15) is 40.2 Å². The first-order valence-corrected chi connectivity index (χ1v) is 6.91. The number of nitrogens with one attached hydrogen (secondary N) is 1. The van der Waals surface area contributed by atoms with E-state index in [2.05, 4.69) is 9.82 Å². The summed E-state index contributed by atoms with van der Waals surface area (Å²) in [5.41, 5.74) is 0. The van der Waals surface area contributed by atoms with Gasteiger partial charge in [0.1, 0.15) is 4.90 Å². The van der Waals surface area contributed by atoms with Crippen molar-refractivity contribution in [3.05, 3.63) is 12.4 Å². The Balaban J connectivity index is 2.90. The van der Waals surface area contributed by atoms with Gasteiger partial charge in [-0.2, -0.15) is 5.10 Å². The van der Waals surface area contributed by atoms with Gasteiger partial charge in [0.05, 0.1) is 6.20 Å². The van der Waals surface area contributed by atoms with E-state index in [-0.39, 0.29) is 17.0 Å². The molecule has 5 nitrogen and oxygen atoms in total. The number of hydrogen-bond acceptors (Lipinski definition) is 3. The van der Waals surface area contributed by atoms with E-state index in [0.29, 0.717) is 0 Å². The van der Waals surface area contributed by atoms with Crippen LogP contribution >= 0.6 is 0 Å². The molecule has 0 saturated carbocycles. The van der Waals surface area contributed by atoms with Crippen LogP contribution < -0.4 is 4.72 Å². The number of nitrogens with zero attached hydrogens (tertiary/aromatic N) is 2. The summed E-state index contributed by atoms with van der Waals surface area (Å²) in [7, 11) is -3.42. The van der Waals surface area contributed by atoms with Gasteiger partial charge >= 0.3 is 0 Å². The van der Waals surface area contributed by atoms with Gasteiger partial charge in [0.2, 0.25) is 10.0 Å². The van der Waals surface area contributed by atoms with Crippen molar-refractivity contribution in [2.24, 2.45) is 0 Å². The average Bonchev–Trinajstić information content (AvgIpc) is 2.66. The summed E-state index contributed by atoms with van der Waals surface area (Å²) < 4.78 is 28.0. The molecule has 0 bridgehead atoms.